The van der Waals surface area contributed by atoms with Gasteiger partial charge < -0.3 is 25.5 Å². The molecule has 1 heterocycles. The van der Waals surface area contributed by atoms with Crippen LogP contribution in [0.2, 0.25) is 0 Å². The van der Waals surface area contributed by atoms with Gasteiger partial charge in [0.1, 0.15) is 12.1 Å². The number of aliphatic hydroxyl groups excluding tert-OH is 1. The monoisotopic (exact) mass is 636 g/mol. The van der Waals surface area contributed by atoms with Crippen LogP contribution in [0.4, 0.5) is 0 Å². The molecule has 8 heteroatoms. The molecular weight excluding hydrogens is 588 g/mol. The molecule has 0 bridgehead atoms. The molecule has 1 aliphatic heterocycles. The molecule has 2 fully saturated rings. The van der Waals surface area contributed by atoms with Crippen molar-refractivity contribution in [2.24, 2.45) is 5.73 Å². The molecule has 248 valence electrons. The summed E-state index contributed by atoms with van der Waals surface area (Å²) in [4.78, 5) is 46.9. The summed E-state index contributed by atoms with van der Waals surface area (Å²) in [6, 6.07) is 26.2. The van der Waals surface area contributed by atoms with Crippen LogP contribution in [-0.4, -0.2) is 88.4 Å². The van der Waals surface area contributed by atoms with Gasteiger partial charge in [-0.25, -0.2) is 0 Å². The highest BCUT2D eigenvalue weighted by molar-refractivity contribution is 5.95. The summed E-state index contributed by atoms with van der Waals surface area (Å²) in [6.07, 6.45) is 8.19. The minimum atomic E-state index is -0.843. The van der Waals surface area contributed by atoms with E-state index in [1.807, 2.05) is 78.9 Å². The fourth-order valence-corrected chi connectivity index (χ4v) is 6.49. The van der Waals surface area contributed by atoms with Crippen LogP contribution in [0.1, 0.15) is 49.7 Å². The van der Waals surface area contributed by atoms with Gasteiger partial charge in [-0.3, -0.25) is 14.4 Å². The zero-order valence-electron chi connectivity index (χ0n) is 27.6. The largest absolute Gasteiger partial charge is 0.393 e. The van der Waals surface area contributed by atoms with Gasteiger partial charge in [0, 0.05) is 45.6 Å². The van der Waals surface area contributed by atoms with E-state index in [9.17, 15) is 19.5 Å². The number of likely N-dealkylation sites (tertiary alicyclic amines) is 1. The van der Waals surface area contributed by atoms with Gasteiger partial charge in [0.15, 0.2) is 0 Å². The van der Waals surface area contributed by atoms with Gasteiger partial charge in [0.05, 0.1) is 6.10 Å². The zero-order valence-corrected chi connectivity index (χ0v) is 27.6. The quantitative estimate of drug-likeness (QED) is 0.283. The van der Waals surface area contributed by atoms with Gasteiger partial charge in [-0.15, -0.1) is 0 Å². The van der Waals surface area contributed by atoms with Crippen molar-refractivity contribution in [2.75, 3.05) is 27.2 Å². The van der Waals surface area contributed by atoms with Crippen LogP contribution in [0, 0.1) is 0 Å². The second kappa shape index (κ2) is 15.5. The number of carbonyl (C=O) groups is 3. The highest BCUT2D eigenvalue weighted by atomic mass is 16.3. The summed E-state index contributed by atoms with van der Waals surface area (Å²) < 4.78 is 0. The van der Waals surface area contributed by atoms with Crippen LogP contribution in [-0.2, 0) is 27.2 Å². The lowest BCUT2D eigenvalue weighted by Crippen LogP contribution is -2.57. The molecule has 47 heavy (non-hydrogen) atoms. The lowest BCUT2D eigenvalue weighted by Gasteiger charge is -2.38. The molecule has 1 saturated heterocycles. The molecule has 1 saturated carbocycles. The number of hydrogen-bond donors (Lipinski definition) is 2. The summed E-state index contributed by atoms with van der Waals surface area (Å²) in [5.74, 6) is -0.733. The molecule has 8 nitrogen and oxygen atoms in total. The molecule has 3 aromatic carbocycles. The maximum atomic E-state index is 14.5. The minimum Gasteiger partial charge on any atom is -0.393 e. The number of benzene rings is 3. The Labute approximate surface area is 278 Å². The highest BCUT2D eigenvalue weighted by Gasteiger charge is 2.37. The van der Waals surface area contributed by atoms with Crippen molar-refractivity contribution in [1.29, 1.82) is 0 Å². The number of amides is 3. The molecule has 2 aliphatic rings. The number of likely N-dealkylation sites (N-methyl/N-ethyl adjacent to an activating group) is 2. The van der Waals surface area contributed by atoms with Crippen molar-refractivity contribution >= 4 is 17.7 Å². The molecule has 3 amide bonds. The standard InChI is InChI=1S/C39H48N4O4/c1-41(36(45)15-9-22-39(40)23-10-24-39)34(28-30-16-18-32(19-17-30)31-13-7-4-8-14-31)37(46)42(2)35(27-29-11-5-3-6-12-29)38(47)43-25-20-33(44)21-26-43/h3-9,11-19,33-35,44H,10,20-28,40H2,1-2H3. The van der Waals surface area contributed by atoms with Gasteiger partial charge in [0.2, 0.25) is 17.7 Å². The topological polar surface area (TPSA) is 107 Å². The minimum absolute atomic E-state index is 0.148. The van der Waals surface area contributed by atoms with Gasteiger partial charge in [-0.05, 0) is 66.9 Å². The number of piperidine rings is 1. The van der Waals surface area contributed by atoms with E-state index < -0.39 is 18.2 Å². The Kier molecular flexibility index (Phi) is 11.3. The number of hydrogen-bond acceptors (Lipinski definition) is 5. The average molecular weight is 637 g/mol. The Morgan fingerprint density at radius 1 is 0.830 bits per heavy atom. The second-order valence-corrected chi connectivity index (χ2v) is 13.3. The number of nitrogens with two attached hydrogens (primary N) is 1. The Hall–Kier alpha value is -4.27. The summed E-state index contributed by atoms with van der Waals surface area (Å²) in [5.41, 5.74) is 10.1. The maximum Gasteiger partial charge on any atom is 0.246 e. The van der Waals surface area contributed by atoms with Crippen LogP contribution in [0.3, 0.4) is 0 Å². The molecule has 2 atom stereocenters. The first-order valence-electron chi connectivity index (χ1n) is 16.8. The summed E-state index contributed by atoms with van der Waals surface area (Å²) in [7, 11) is 3.32. The second-order valence-electron chi connectivity index (χ2n) is 13.3. The molecule has 3 N–H and O–H groups in total. The predicted octanol–water partition coefficient (Wildman–Crippen LogP) is 4.60. The number of rotatable bonds is 12. The van der Waals surface area contributed by atoms with Crippen LogP contribution in [0.15, 0.2) is 97.1 Å². The normalized spacial score (nSPS) is 17.5. The molecule has 0 radical (unpaired) electrons. The van der Waals surface area contributed by atoms with E-state index in [2.05, 4.69) is 12.1 Å². The van der Waals surface area contributed by atoms with E-state index in [1.165, 1.54) is 15.9 Å². The Morgan fingerprint density at radius 3 is 1.98 bits per heavy atom. The van der Waals surface area contributed by atoms with Crippen molar-refractivity contribution in [3.8, 4) is 11.1 Å². The molecule has 0 spiro atoms. The van der Waals surface area contributed by atoms with Crippen LogP contribution < -0.4 is 5.73 Å². The third-order valence-electron chi connectivity index (χ3n) is 9.87. The summed E-state index contributed by atoms with van der Waals surface area (Å²) in [6.45, 7) is 0.882. The summed E-state index contributed by atoms with van der Waals surface area (Å²) >= 11 is 0. The Balaban J connectivity index is 1.40. The first kappa shape index (κ1) is 34.1. The predicted molar refractivity (Wildman–Crippen MR) is 185 cm³/mol. The first-order chi connectivity index (χ1) is 22.6. The molecule has 1 aliphatic carbocycles. The number of nitrogens with zero attached hydrogens (tertiary/aromatic N) is 3. The molecule has 5 rings (SSSR count). The summed E-state index contributed by atoms with van der Waals surface area (Å²) in [5, 5.41) is 10.1. The van der Waals surface area contributed by atoms with Crippen LogP contribution in [0.5, 0.6) is 0 Å². The fourth-order valence-electron chi connectivity index (χ4n) is 6.49. The van der Waals surface area contributed by atoms with Crippen molar-refractivity contribution in [3.63, 3.8) is 0 Å². The smallest absolute Gasteiger partial charge is 0.246 e. The van der Waals surface area contributed by atoms with Crippen LogP contribution in [0.25, 0.3) is 11.1 Å². The zero-order chi connectivity index (χ0) is 33.4. The molecular formula is C39H48N4O4. The Morgan fingerprint density at radius 2 is 1.38 bits per heavy atom. The third kappa shape index (κ3) is 8.76. The van der Waals surface area contributed by atoms with Gasteiger partial charge in [-0.1, -0.05) is 91.0 Å². The number of aliphatic hydroxyl groups is 1. The van der Waals surface area contributed by atoms with Gasteiger partial charge in [-0.2, -0.15) is 0 Å². The van der Waals surface area contributed by atoms with E-state index in [1.54, 1.807) is 19.0 Å². The van der Waals surface area contributed by atoms with Crippen molar-refractivity contribution < 1.29 is 19.5 Å². The Bertz CT molecular complexity index is 1510. The number of carbonyl (C=O) groups excluding carboxylic acids is 3. The van der Waals surface area contributed by atoms with Crippen molar-refractivity contribution in [2.45, 2.75) is 75.1 Å². The SMILES string of the molecule is CN(C(=O)C=CCC1(N)CCC1)C(Cc1ccc(-c2ccccc2)cc1)C(=O)N(C)C(Cc1ccccc1)C(=O)N1CCC(O)CC1. The molecule has 0 aromatic heterocycles. The van der Waals surface area contributed by atoms with Gasteiger partial charge in [0.25, 0.3) is 0 Å². The lowest BCUT2D eigenvalue weighted by molar-refractivity contribution is -0.150. The van der Waals surface area contributed by atoms with E-state index in [-0.39, 0.29) is 29.7 Å². The average Bonchev–Trinajstić information content (AvgIpc) is 3.09. The lowest BCUT2D eigenvalue weighted by atomic mass is 9.75. The van der Waals surface area contributed by atoms with E-state index in [4.69, 9.17) is 5.73 Å². The molecule has 2 unspecified atom stereocenters. The first-order valence-corrected chi connectivity index (χ1v) is 16.8. The van der Waals surface area contributed by atoms with Crippen LogP contribution >= 0.6 is 0 Å². The highest BCUT2D eigenvalue weighted by Crippen LogP contribution is 2.32. The van der Waals surface area contributed by atoms with Gasteiger partial charge >= 0.3 is 0 Å². The van der Waals surface area contributed by atoms with E-state index in [0.29, 0.717) is 38.8 Å². The van der Waals surface area contributed by atoms with E-state index >= 15 is 0 Å². The maximum absolute atomic E-state index is 14.5. The van der Waals surface area contributed by atoms with E-state index in [0.717, 1.165) is 41.5 Å². The van der Waals surface area contributed by atoms with Crippen molar-refractivity contribution in [1.82, 2.24) is 14.7 Å². The van der Waals surface area contributed by atoms with Crippen molar-refractivity contribution in [3.05, 3.63) is 108 Å². The third-order valence-corrected chi connectivity index (χ3v) is 9.87. The molecule has 3 aromatic rings. The fraction of sp³-hybridized carbons (Fsp3) is 0.410.